The zero-order valence-electron chi connectivity index (χ0n) is 16.0. The van der Waals surface area contributed by atoms with E-state index in [0.29, 0.717) is 22.8 Å². The van der Waals surface area contributed by atoms with Gasteiger partial charge in [0.05, 0.1) is 6.10 Å². The number of nitrogens with zero attached hydrogens (tertiary/aromatic N) is 1. The minimum atomic E-state index is -0.541. The van der Waals surface area contributed by atoms with E-state index in [-0.39, 0.29) is 11.5 Å². The molecule has 4 aliphatic carbocycles. The van der Waals surface area contributed by atoms with Crippen molar-refractivity contribution < 1.29 is 9.84 Å². The van der Waals surface area contributed by atoms with Gasteiger partial charge >= 0.3 is 0 Å². The number of ether oxygens (including phenoxy) is 1. The van der Waals surface area contributed by atoms with Gasteiger partial charge in [-0.3, -0.25) is 4.90 Å². The molecule has 2 spiro atoms. The molecular formula is C22H33NO2. The highest BCUT2D eigenvalue weighted by Gasteiger charge is 2.84. The van der Waals surface area contributed by atoms with Crippen LogP contribution in [0.1, 0.15) is 59.3 Å². The van der Waals surface area contributed by atoms with E-state index in [1.165, 1.54) is 57.2 Å². The van der Waals surface area contributed by atoms with Crippen LogP contribution < -0.4 is 0 Å². The van der Waals surface area contributed by atoms with Gasteiger partial charge in [-0.1, -0.05) is 26.3 Å². The van der Waals surface area contributed by atoms with Gasteiger partial charge in [0, 0.05) is 23.9 Å². The highest BCUT2D eigenvalue weighted by molar-refractivity contribution is 5.35. The van der Waals surface area contributed by atoms with Crippen molar-refractivity contribution in [3.8, 4) is 0 Å². The Kier molecular flexibility index (Phi) is 2.84. The van der Waals surface area contributed by atoms with E-state index >= 15 is 0 Å². The first kappa shape index (κ1) is 15.7. The lowest BCUT2D eigenvalue weighted by atomic mass is 9.45. The summed E-state index contributed by atoms with van der Waals surface area (Å²) in [6, 6.07) is 0.702. The molecule has 3 nitrogen and oxygen atoms in total. The van der Waals surface area contributed by atoms with Crippen LogP contribution in [0.25, 0.3) is 0 Å². The van der Waals surface area contributed by atoms with Gasteiger partial charge in [0.25, 0.3) is 0 Å². The molecule has 25 heavy (non-hydrogen) atoms. The van der Waals surface area contributed by atoms with Crippen LogP contribution in [0.3, 0.4) is 0 Å². The second-order valence-corrected chi connectivity index (χ2v) is 10.5. The molecule has 1 N–H and O–H groups in total. The molecule has 5 fully saturated rings. The van der Waals surface area contributed by atoms with Crippen LogP contribution in [0.15, 0.2) is 11.6 Å². The summed E-state index contributed by atoms with van der Waals surface area (Å²) in [5.74, 6) is 1.91. The lowest BCUT2D eigenvalue weighted by molar-refractivity contribution is -0.186. The molecule has 0 aromatic heterocycles. The Morgan fingerprint density at radius 2 is 2.12 bits per heavy atom. The van der Waals surface area contributed by atoms with Gasteiger partial charge in [-0.15, -0.1) is 0 Å². The largest absolute Gasteiger partial charge is 0.368 e. The van der Waals surface area contributed by atoms with Gasteiger partial charge in [0.15, 0.2) is 6.29 Å². The van der Waals surface area contributed by atoms with Gasteiger partial charge < -0.3 is 9.84 Å². The summed E-state index contributed by atoms with van der Waals surface area (Å²) in [5, 5.41) is 11.2. The standard InChI is InChI=1S/C22H33NO2/c1-4-23-12-20(3)8-6-10-22-15(20)11-14(17(22)23)21-9-5-7-13(2)18(21)25-19(24)16(21)22/h7,14-19,24H,4-6,8-12H2,1-3H3/t14-,15+,16-,17+,18+,19+,20-,21-,22-/m0/s1. The quantitative estimate of drug-likeness (QED) is 0.739. The third kappa shape index (κ3) is 1.44. The zero-order chi connectivity index (χ0) is 17.2. The lowest BCUT2D eigenvalue weighted by Crippen LogP contribution is -2.64. The minimum absolute atomic E-state index is 0.180. The fourth-order valence-corrected chi connectivity index (χ4v) is 9.76. The maximum Gasteiger partial charge on any atom is 0.159 e. The molecule has 3 heteroatoms. The maximum atomic E-state index is 11.2. The molecule has 0 amide bonds. The van der Waals surface area contributed by atoms with E-state index in [1.54, 1.807) is 0 Å². The van der Waals surface area contributed by atoms with Crippen molar-refractivity contribution in [2.45, 2.75) is 77.7 Å². The summed E-state index contributed by atoms with van der Waals surface area (Å²) < 4.78 is 6.34. The summed E-state index contributed by atoms with van der Waals surface area (Å²) in [7, 11) is 0. The van der Waals surface area contributed by atoms with Crippen molar-refractivity contribution in [1.29, 1.82) is 0 Å². The molecule has 2 heterocycles. The predicted molar refractivity (Wildman–Crippen MR) is 96.8 cm³/mol. The van der Waals surface area contributed by atoms with Gasteiger partial charge in [0.1, 0.15) is 0 Å². The molecule has 6 rings (SSSR count). The van der Waals surface area contributed by atoms with Crippen LogP contribution in [0.4, 0.5) is 0 Å². The van der Waals surface area contributed by atoms with Gasteiger partial charge in [-0.2, -0.15) is 0 Å². The second kappa shape index (κ2) is 4.54. The third-order valence-corrected chi connectivity index (χ3v) is 9.99. The summed E-state index contributed by atoms with van der Waals surface area (Å²) in [6.45, 7) is 9.63. The highest BCUT2D eigenvalue weighted by Crippen LogP contribution is 2.82. The SMILES string of the molecule is CCN1C[C@]2(C)CCC[C@@]34[C@H]5[C@H](O)O[C@@H]6C(C)=CCC[C@]56[C@@H](C[C@H]23)[C@@H]14. The Bertz CT molecular complexity index is 660. The van der Waals surface area contributed by atoms with Crippen LogP contribution >= 0.6 is 0 Å². The molecule has 9 atom stereocenters. The third-order valence-electron chi connectivity index (χ3n) is 9.99. The van der Waals surface area contributed by atoms with Crippen LogP contribution in [-0.4, -0.2) is 41.5 Å². The van der Waals surface area contributed by atoms with Crippen LogP contribution in [-0.2, 0) is 4.74 Å². The summed E-state index contributed by atoms with van der Waals surface area (Å²) >= 11 is 0. The molecule has 3 saturated carbocycles. The Labute approximate surface area is 151 Å². The van der Waals surface area contributed by atoms with Crippen molar-refractivity contribution in [3.63, 3.8) is 0 Å². The second-order valence-electron chi connectivity index (χ2n) is 10.5. The molecule has 0 aromatic carbocycles. The number of likely N-dealkylation sites (tertiary alicyclic amines) is 1. The Morgan fingerprint density at radius 3 is 2.92 bits per heavy atom. The van der Waals surface area contributed by atoms with E-state index in [4.69, 9.17) is 4.74 Å². The molecule has 0 radical (unpaired) electrons. The highest BCUT2D eigenvalue weighted by atomic mass is 16.6. The fourth-order valence-electron chi connectivity index (χ4n) is 9.76. The van der Waals surface area contributed by atoms with Crippen LogP contribution in [0, 0.1) is 34.0 Å². The first-order valence-electron chi connectivity index (χ1n) is 10.7. The minimum Gasteiger partial charge on any atom is -0.368 e. The van der Waals surface area contributed by atoms with E-state index in [1.807, 2.05) is 0 Å². The zero-order valence-corrected chi connectivity index (χ0v) is 16.0. The molecular weight excluding hydrogens is 310 g/mol. The van der Waals surface area contributed by atoms with E-state index in [9.17, 15) is 5.11 Å². The Morgan fingerprint density at radius 1 is 1.28 bits per heavy atom. The summed E-state index contributed by atoms with van der Waals surface area (Å²) in [5.41, 5.74) is 2.39. The van der Waals surface area contributed by atoms with Crippen LogP contribution in [0.2, 0.25) is 0 Å². The molecule has 6 aliphatic rings. The summed E-state index contributed by atoms with van der Waals surface area (Å²) in [6.07, 6.45) is 9.90. The Balaban J connectivity index is 1.58. The molecule has 138 valence electrons. The number of aliphatic hydroxyl groups is 1. The van der Waals surface area contributed by atoms with Gasteiger partial charge in [0.2, 0.25) is 0 Å². The van der Waals surface area contributed by atoms with Crippen LogP contribution in [0.5, 0.6) is 0 Å². The van der Waals surface area contributed by atoms with E-state index in [2.05, 4.69) is 31.7 Å². The van der Waals surface area contributed by atoms with Crippen molar-refractivity contribution in [3.05, 3.63) is 11.6 Å². The van der Waals surface area contributed by atoms with Gasteiger partial charge in [-0.25, -0.2) is 0 Å². The van der Waals surface area contributed by atoms with Crippen molar-refractivity contribution in [2.75, 3.05) is 13.1 Å². The first-order chi connectivity index (χ1) is 12.0. The van der Waals surface area contributed by atoms with E-state index < -0.39 is 6.29 Å². The van der Waals surface area contributed by atoms with Gasteiger partial charge in [-0.05, 0) is 73.8 Å². The number of allylic oxidation sites excluding steroid dienone is 1. The van der Waals surface area contributed by atoms with Crippen molar-refractivity contribution in [1.82, 2.24) is 4.90 Å². The molecule has 2 saturated heterocycles. The molecule has 0 unspecified atom stereocenters. The first-order valence-corrected chi connectivity index (χ1v) is 10.7. The Hall–Kier alpha value is -0.380. The normalized spacial score (nSPS) is 61.8. The fraction of sp³-hybridized carbons (Fsp3) is 0.909. The average molecular weight is 344 g/mol. The smallest absolute Gasteiger partial charge is 0.159 e. The number of hydrogen-bond donors (Lipinski definition) is 1. The monoisotopic (exact) mass is 343 g/mol. The molecule has 5 bridgehead atoms. The topological polar surface area (TPSA) is 32.7 Å². The number of piperidine rings is 1. The van der Waals surface area contributed by atoms with Crippen molar-refractivity contribution >= 4 is 0 Å². The molecule has 2 aliphatic heterocycles. The maximum absolute atomic E-state index is 11.2. The lowest BCUT2D eigenvalue weighted by Gasteiger charge is -2.62. The number of aliphatic hydroxyl groups excluding tert-OH is 1. The number of rotatable bonds is 1. The average Bonchev–Trinajstić information content (AvgIpc) is 3.11. The summed E-state index contributed by atoms with van der Waals surface area (Å²) in [4.78, 5) is 2.85. The predicted octanol–water partition coefficient (Wildman–Crippen LogP) is 3.58. The molecule has 0 aromatic rings. The van der Waals surface area contributed by atoms with Crippen molar-refractivity contribution in [2.24, 2.45) is 34.0 Å². The number of hydrogen-bond acceptors (Lipinski definition) is 3. The van der Waals surface area contributed by atoms with E-state index in [0.717, 1.165) is 11.8 Å².